The van der Waals surface area contributed by atoms with Gasteiger partial charge >= 0.3 is 0 Å². The molecule has 0 spiro atoms. The van der Waals surface area contributed by atoms with E-state index in [9.17, 15) is 4.79 Å². The summed E-state index contributed by atoms with van der Waals surface area (Å²) in [6.07, 6.45) is 1.46. The molecule has 0 saturated carbocycles. The van der Waals surface area contributed by atoms with Crippen LogP contribution in [0.15, 0.2) is 24.3 Å². The van der Waals surface area contributed by atoms with Crippen LogP contribution in [0.3, 0.4) is 0 Å². The average molecular weight is 357 g/mol. The van der Waals surface area contributed by atoms with Gasteiger partial charge < -0.3 is 14.8 Å². The number of hydrogen-bond acceptors (Lipinski definition) is 5. The third-order valence-corrected chi connectivity index (χ3v) is 3.91. The number of methoxy groups -OCH3 is 2. The highest BCUT2D eigenvalue weighted by atomic mass is 16.5. The first-order valence-corrected chi connectivity index (χ1v) is 8.77. The highest BCUT2D eigenvalue weighted by Crippen LogP contribution is 2.30. The zero-order chi connectivity index (χ0) is 19.1. The summed E-state index contributed by atoms with van der Waals surface area (Å²) in [5, 5.41) is 2.92. The van der Waals surface area contributed by atoms with E-state index in [1.807, 2.05) is 25.1 Å². The third kappa shape index (κ3) is 5.18. The summed E-state index contributed by atoms with van der Waals surface area (Å²) < 4.78 is 10.7. The number of nitrogens with zero attached hydrogens (tertiary/aromatic N) is 2. The monoisotopic (exact) mass is 357 g/mol. The molecular formula is C20H27N3O3. The van der Waals surface area contributed by atoms with Crippen LogP contribution in [0.4, 0.5) is 0 Å². The summed E-state index contributed by atoms with van der Waals surface area (Å²) in [5.41, 5.74) is 2.28. The fourth-order valence-corrected chi connectivity index (χ4v) is 2.82. The van der Waals surface area contributed by atoms with Crippen LogP contribution in [0.5, 0.6) is 11.5 Å². The van der Waals surface area contributed by atoms with Crippen molar-refractivity contribution in [2.75, 3.05) is 20.8 Å². The molecule has 2 rings (SSSR count). The van der Waals surface area contributed by atoms with Gasteiger partial charge in [-0.25, -0.2) is 9.97 Å². The van der Waals surface area contributed by atoms with E-state index in [4.69, 9.17) is 9.47 Å². The number of aryl methyl sites for hydroxylation is 1. The molecule has 0 aliphatic heterocycles. The van der Waals surface area contributed by atoms with Crippen molar-refractivity contribution in [3.8, 4) is 11.5 Å². The average Bonchev–Trinajstić information content (AvgIpc) is 2.60. The van der Waals surface area contributed by atoms with Gasteiger partial charge in [-0.1, -0.05) is 26.0 Å². The molecule has 26 heavy (non-hydrogen) atoms. The fourth-order valence-electron chi connectivity index (χ4n) is 2.82. The van der Waals surface area contributed by atoms with Crippen molar-refractivity contribution < 1.29 is 14.3 Å². The number of rotatable bonds is 8. The molecule has 0 aliphatic carbocycles. The van der Waals surface area contributed by atoms with E-state index in [-0.39, 0.29) is 5.91 Å². The Morgan fingerprint density at radius 3 is 2.62 bits per heavy atom. The molecule has 6 nitrogen and oxygen atoms in total. The number of nitrogens with one attached hydrogen (secondary N) is 1. The molecule has 1 amide bonds. The Kier molecular flexibility index (Phi) is 6.95. The Bertz CT molecular complexity index is 760. The van der Waals surface area contributed by atoms with Gasteiger partial charge in [0.15, 0.2) is 11.5 Å². The van der Waals surface area contributed by atoms with Gasteiger partial charge in [0.25, 0.3) is 5.91 Å². The van der Waals surface area contributed by atoms with E-state index >= 15 is 0 Å². The molecule has 0 unspecified atom stereocenters. The van der Waals surface area contributed by atoms with Crippen molar-refractivity contribution in [3.05, 3.63) is 47.0 Å². The van der Waals surface area contributed by atoms with Crippen molar-refractivity contribution in [1.29, 1.82) is 0 Å². The molecule has 2 aromatic rings. The lowest BCUT2D eigenvalue weighted by Gasteiger charge is -2.13. The van der Waals surface area contributed by atoms with E-state index in [2.05, 4.69) is 29.1 Å². The van der Waals surface area contributed by atoms with Gasteiger partial charge in [-0.05, 0) is 43.4 Å². The summed E-state index contributed by atoms with van der Waals surface area (Å²) >= 11 is 0. The molecule has 140 valence electrons. The first kappa shape index (κ1) is 19.7. The minimum absolute atomic E-state index is 0.192. The highest BCUT2D eigenvalue weighted by Gasteiger charge is 2.13. The van der Waals surface area contributed by atoms with Gasteiger partial charge in [-0.2, -0.15) is 0 Å². The topological polar surface area (TPSA) is 73.3 Å². The van der Waals surface area contributed by atoms with E-state index in [1.165, 1.54) is 0 Å². The van der Waals surface area contributed by atoms with Crippen molar-refractivity contribution in [2.24, 2.45) is 5.92 Å². The predicted molar refractivity (Wildman–Crippen MR) is 101 cm³/mol. The molecule has 1 heterocycles. The second-order valence-electron chi connectivity index (χ2n) is 6.55. The molecule has 0 fully saturated rings. The number of hydrogen-bond donors (Lipinski definition) is 1. The number of benzene rings is 1. The zero-order valence-corrected chi connectivity index (χ0v) is 16.1. The molecular weight excluding hydrogens is 330 g/mol. The van der Waals surface area contributed by atoms with Crippen molar-refractivity contribution in [2.45, 2.75) is 33.6 Å². The first-order valence-electron chi connectivity index (χ1n) is 8.77. The Balaban J connectivity index is 2.02. The molecule has 6 heteroatoms. The van der Waals surface area contributed by atoms with E-state index in [0.29, 0.717) is 41.9 Å². The van der Waals surface area contributed by atoms with E-state index < -0.39 is 0 Å². The van der Waals surface area contributed by atoms with Crippen molar-refractivity contribution >= 4 is 5.91 Å². The van der Waals surface area contributed by atoms with Crippen LogP contribution >= 0.6 is 0 Å². The van der Waals surface area contributed by atoms with E-state index in [1.54, 1.807) is 20.3 Å². The van der Waals surface area contributed by atoms with Crippen LogP contribution in [-0.2, 0) is 12.8 Å². The van der Waals surface area contributed by atoms with Crippen molar-refractivity contribution in [3.63, 3.8) is 0 Å². The van der Waals surface area contributed by atoms with Gasteiger partial charge in [-0.3, -0.25) is 4.79 Å². The molecule has 0 bridgehead atoms. The van der Waals surface area contributed by atoms with Crippen LogP contribution < -0.4 is 14.8 Å². The number of carbonyl (C=O) groups excluding carboxylic acids is 1. The predicted octanol–water partition coefficient (Wildman–Crippen LogP) is 2.97. The summed E-state index contributed by atoms with van der Waals surface area (Å²) in [5.74, 6) is 2.27. The van der Waals surface area contributed by atoms with Gasteiger partial charge in [-0.15, -0.1) is 0 Å². The first-order chi connectivity index (χ1) is 12.4. The Morgan fingerprint density at radius 2 is 1.96 bits per heavy atom. The summed E-state index contributed by atoms with van der Waals surface area (Å²) in [7, 11) is 3.22. The molecule has 0 radical (unpaired) electrons. The number of carbonyl (C=O) groups is 1. The van der Waals surface area contributed by atoms with Crippen molar-refractivity contribution in [1.82, 2.24) is 15.3 Å². The maximum absolute atomic E-state index is 12.4. The lowest BCUT2D eigenvalue weighted by molar-refractivity contribution is 0.0948. The zero-order valence-electron chi connectivity index (χ0n) is 16.1. The summed E-state index contributed by atoms with van der Waals surface area (Å²) in [4.78, 5) is 21.1. The second kappa shape index (κ2) is 9.17. The van der Waals surface area contributed by atoms with Crippen LogP contribution in [-0.4, -0.2) is 36.6 Å². The van der Waals surface area contributed by atoms with Crippen LogP contribution in [0.2, 0.25) is 0 Å². The van der Waals surface area contributed by atoms with Crippen LogP contribution in [0.1, 0.15) is 41.4 Å². The van der Waals surface area contributed by atoms with Gasteiger partial charge in [0, 0.05) is 12.2 Å². The summed E-state index contributed by atoms with van der Waals surface area (Å²) in [6.45, 7) is 6.53. The maximum Gasteiger partial charge on any atom is 0.270 e. The smallest absolute Gasteiger partial charge is 0.270 e. The van der Waals surface area contributed by atoms with E-state index in [0.717, 1.165) is 17.7 Å². The van der Waals surface area contributed by atoms with Crippen LogP contribution in [0.25, 0.3) is 0 Å². The van der Waals surface area contributed by atoms with Crippen LogP contribution in [0, 0.1) is 12.8 Å². The lowest BCUT2D eigenvalue weighted by atomic mass is 10.1. The molecule has 1 N–H and O–H groups in total. The molecule has 1 aromatic carbocycles. The minimum atomic E-state index is -0.192. The number of aromatic nitrogens is 2. The summed E-state index contributed by atoms with van der Waals surface area (Å²) in [6, 6.07) is 7.49. The number of amides is 1. The largest absolute Gasteiger partial charge is 0.493 e. The third-order valence-electron chi connectivity index (χ3n) is 3.91. The van der Waals surface area contributed by atoms with Gasteiger partial charge in [0.05, 0.1) is 14.2 Å². The Morgan fingerprint density at radius 1 is 1.19 bits per heavy atom. The number of para-hydroxylation sites is 1. The SMILES string of the molecule is COc1cccc(CCNC(=O)c2cc(CC(C)C)nc(C)n2)c1OC. The minimum Gasteiger partial charge on any atom is -0.493 e. The highest BCUT2D eigenvalue weighted by molar-refractivity contribution is 5.92. The Labute approximate surface area is 155 Å². The number of ether oxygens (including phenoxy) is 2. The maximum atomic E-state index is 12.4. The standard InChI is InChI=1S/C20H27N3O3/c1-13(2)11-16-12-17(23-14(3)22-16)20(24)21-10-9-15-7-6-8-18(25-4)19(15)26-5/h6-8,12-13H,9-11H2,1-5H3,(H,21,24). The lowest BCUT2D eigenvalue weighted by Crippen LogP contribution is -2.27. The van der Waals surface area contributed by atoms with Gasteiger partial charge in [0.2, 0.25) is 0 Å². The second-order valence-corrected chi connectivity index (χ2v) is 6.55. The normalized spacial score (nSPS) is 10.7. The fraction of sp³-hybridized carbons (Fsp3) is 0.450. The molecule has 0 atom stereocenters. The van der Waals surface area contributed by atoms with Gasteiger partial charge in [0.1, 0.15) is 11.5 Å². The molecule has 0 aliphatic rings. The quantitative estimate of drug-likeness (QED) is 0.786. The Hall–Kier alpha value is -2.63. The molecule has 0 saturated heterocycles. The molecule has 1 aromatic heterocycles.